The molecular weight excluding hydrogens is 368 g/mol. The van der Waals surface area contributed by atoms with Gasteiger partial charge in [-0.3, -0.25) is 9.69 Å². The standard InChI is InChI=1S/C23H32N2O2S/c1-17(2)12-25(18(3)26)14-20-13-24(15-22-9-6-10-28-22)16-23(20)19-7-5-8-21(11-19)27-4/h5-11,17,20,23H,12-16H2,1-4H3/t20-,23-/m1/s1. The maximum absolute atomic E-state index is 12.2. The van der Waals surface area contributed by atoms with Gasteiger partial charge in [0.1, 0.15) is 5.75 Å². The Morgan fingerprint density at radius 2 is 2.11 bits per heavy atom. The van der Waals surface area contributed by atoms with E-state index in [0.29, 0.717) is 17.8 Å². The topological polar surface area (TPSA) is 32.8 Å². The Balaban J connectivity index is 1.80. The van der Waals surface area contributed by atoms with Gasteiger partial charge in [-0.1, -0.05) is 32.0 Å². The first-order valence-electron chi connectivity index (χ1n) is 10.1. The van der Waals surface area contributed by atoms with Crippen LogP contribution in [0.5, 0.6) is 5.75 Å². The van der Waals surface area contributed by atoms with Gasteiger partial charge in [0, 0.05) is 50.4 Å². The monoisotopic (exact) mass is 400 g/mol. The molecule has 1 fully saturated rings. The number of amides is 1. The summed E-state index contributed by atoms with van der Waals surface area (Å²) < 4.78 is 5.46. The van der Waals surface area contributed by atoms with E-state index in [1.165, 1.54) is 10.4 Å². The van der Waals surface area contributed by atoms with Gasteiger partial charge >= 0.3 is 0 Å². The molecule has 28 heavy (non-hydrogen) atoms. The van der Waals surface area contributed by atoms with E-state index in [2.05, 4.69) is 54.5 Å². The SMILES string of the molecule is COc1cccc([C@H]2CN(Cc3cccs3)C[C@@H]2CN(CC(C)C)C(C)=O)c1. The van der Waals surface area contributed by atoms with Crippen molar-refractivity contribution < 1.29 is 9.53 Å². The number of benzene rings is 1. The summed E-state index contributed by atoms with van der Waals surface area (Å²) in [6, 6.07) is 12.8. The van der Waals surface area contributed by atoms with E-state index in [1.54, 1.807) is 14.0 Å². The summed E-state index contributed by atoms with van der Waals surface area (Å²) in [5.74, 6) is 2.38. The van der Waals surface area contributed by atoms with Gasteiger partial charge in [-0.05, 0) is 41.0 Å². The number of rotatable bonds is 8. The molecule has 5 heteroatoms. The summed E-state index contributed by atoms with van der Waals surface area (Å²) in [7, 11) is 1.72. The highest BCUT2D eigenvalue weighted by Gasteiger charge is 2.35. The van der Waals surface area contributed by atoms with Crippen LogP contribution in [0.25, 0.3) is 0 Å². The quantitative estimate of drug-likeness (QED) is 0.655. The van der Waals surface area contributed by atoms with Crippen LogP contribution in [0.2, 0.25) is 0 Å². The van der Waals surface area contributed by atoms with Gasteiger partial charge in [-0.2, -0.15) is 0 Å². The number of carbonyl (C=O) groups excluding carboxylic acids is 1. The molecule has 0 spiro atoms. The van der Waals surface area contributed by atoms with E-state index in [4.69, 9.17) is 4.74 Å². The molecule has 1 amide bonds. The Morgan fingerprint density at radius 3 is 2.75 bits per heavy atom. The normalized spacial score (nSPS) is 19.9. The van der Waals surface area contributed by atoms with Crippen molar-refractivity contribution >= 4 is 17.2 Å². The Labute approximate surface area is 173 Å². The second-order valence-electron chi connectivity index (χ2n) is 8.23. The number of likely N-dealkylation sites (tertiary alicyclic amines) is 1. The van der Waals surface area contributed by atoms with Crippen LogP contribution in [-0.2, 0) is 11.3 Å². The van der Waals surface area contributed by atoms with Gasteiger partial charge in [-0.25, -0.2) is 0 Å². The molecule has 3 rings (SSSR count). The minimum absolute atomic E-state index is 0.176. The lowest BCUT2D eigenvalue weighted by molar-refractivity contribution is -0.130. The van der Waals surface area contributed by atoms with Gasteiger partial charge in [0.15, 0.2) is 0 Å². The molecule has 2 atom stereocenters. The molecule has 1 aliphatic rings. The third-order valence-corrected chi connectivity index (χ3v) is 6.35. The highest BCUT2D eigenvalue weighted by atomic mass is 32.1. The first-order valence-corrected chi connectivity index (χ1v) is 11.0. The van der Waals surface area contributed by atoms with Crippen molar-refractivity contribution in [2.75, 3.05) is 33.3 Å². The van der Waals surface area contributed by atoms with Gasteiger partial charge in [0.05, 0.1) is 7.11 Å². The largest absolute Gasteiger partial charge is 0.497 e. The number of nitrogens with zero attached hydrogens (tertiary/aromatic N) is 2. The van der Waals surface area contributed by atoms with E-state index in [-0.39, 0.29) is 5.91 Å². The molecule has 0 unspecified atom stereocenters. The van der Waals surface area contributed by atoms with Crippen molar-refractivity contribution in [3.05, 3.63) is 52.2 Å². The number of carbonyl (C=O) groups is 1. The average Bonchev–Trinajstić information content (AvgIpc) is 3.31. The van der Waals surface area contributed by atoms with Crippen molar-refractivity contribution in [1.29, 1.82) is 0 Å². The van der Waals surface area contributed by atoms with Crippen LogP contribution in [0.3, 0.4) is 0 Å². The smallest absolute Gasteiger partial charge is 0.219 e. The fraction of sp³-hybridized carbons (Fsp3) is 0.522. The van der Waals surface area contributed by atoms with Crippen LogP contribution in [0, 0.1) is 11.8 Å². The van der Waals surface area contributed by atoms with Crippen molar-refractivity contribution in [3.63, 3.8) is 0 Å². The molecule has 1 aromatic carbocycles. The predicted octanol–water partition coefficient (Wildman–Crippen LogP) is 4.48. The molecule has 0 bridgehead atoms. The Bertz CT molecular complexity index is 760. The highest BCUT2D eigenvalue weighted by Crippen LogP contribution is 2.36. The number of hydrogen-bond donors (Lipinski definition) is 0. The molecule has 2 aromatic rings. The first-order chi connectivity index (χ1) is 13.5. The lowest BCUT2D eigenvalue weighted by Gasteiger charge is -2.29. The summed E-state index contributed by atoms with van der Waals surface area (Å²) in [5.41, 5.74) is 1.31. The fourth-order valence-corrected chi connectivity index (χ4v) is 4.95. The zero-order valence-corrected chi connectivity index (χ0v) is 18.2. The third kappa shape index (κ3) is 5.36. The van der Waals surface area contributed by atoms with Crippen LogP contribution in [0.15, 0.2) is 41.8 Å². The maximum Gasteiger partial charge on any atom is 0.219 e. The van der Waals surface area contributed by atoms with Crippen LogP contribution in [0.1, 0.15) is 37.1 Å². The zero-order valence-electron chi connectivity index (χ0n) is 17.4. The number of hydrogen-bond acceptors (Lipinski definition) is 4. The Hall–Kier alpha value is -1.85. The first kappa shape index (κ1) is 20.9. The van der Waals surface area contributed by atoms with Crippen LogP contribution < -0.4 is 4.74 Å². The molecular formula is C23H32N2O2S. The van der Waals surface area contributed by atoms with Crippen molar-refractivity contribution in [3.8, 4) is 5.75 Å². The number of ether oxygens (including phenoxy) is 1. The summed E-state index contributed by atoms with van der Waals surface area (Å²) in [6.45, 7) is 10.7. The second-order valence-corrected chi connectivity index (χ2v) is 9.27. The molecule has 0 aliphatic carbocycles. The lowest BCUT2D eigenvalue weighted by atomic mass is 9.88. The summed E-state index contributed by atoms with van der Waals surface area (Å²) in [5, 5.41) is 2.14. The van der Waals surface area contributed by atoms with Crippen LogP contribution in [0.4, 0.5) is 0 Å². The molecule has 2 heterocycles. The third-order valence-electron chi connectivity index (χ3n) is 5.48. The van der Waals surface area contributed by atoms with Crippen molar-refractivity contribution in [2.45, 2.75) is 33.2 Å². The second kappa shape index (κ2) is 9.57. The fourth-order valence-electron chi connectivity index (χ4n) is 4.20. The van der Waals surface area contributed by atoms with Gasteiger partial charge in [0.2, 0.25) is 5.91 Å². The molecule has 4 nitrogen and oxygen atoms in total. The summed E-state index contributed by atoms with van der Waals surface area (Å²) in [6.07, 6.45) is 0. The van der Waals surface area contributed by atoms with E-state index < -0.39 is 0 Å². The summed E-state index contributed by atoms with van der Waals surface area (Å²) >= 11 is 1.82. The molecule has 1 aromatic heterocycles. The minimum atomic E-state index is 0.176. The van der Waals surface area contributed by atoms with E-state index >= 15 is 0 Å². The molecule has 0 radical (unpaired) electrons. The van der Waals surface area contributed by atoms with E-state index in [1.807, 2.05) is 22.3 Å². The molecule has 1 saturated heterocycles. The predicted molar refractivity (Wildman–Crippen MR) is 116 cm³/mol. The van der Waals surface area contributed by atoms with Gasteiger partial charge < -0.3 is 9.64 Å². The van der Waals surface area contributed by atoms with Gasteiger partial charge in [0.25, 0.3) is 0 Å². The highest BCUT2D eigenvalue weighted by molar-refractivity contribution is 7.09. The number of methoxy groups -OCH3 is 1. The minimum Gasteiger partial charge on any atom is -0.497 e. The summed E-state index contributed by atoms with van der Waals surface area (Å²) in [4.78, 5) is 18.2. The zero-order chi connectivity index (χ0) is 20.1. The average molecular weight is 401 g/mol. The van der Waals surface area contributed by atoms with Gasteiger partial charge in [-0.15, -0.1) is 11.3 Å². The maximum atomic E-state index is 12.2. The van der Waals surface area contributed by atoms with Crippen LogP contribution >= 0.6 is 11.3 Å². The lowest BCUT2D eigenvalue weighted by Crippen LogP contribution is -2.38. The Kier molecular flexibility index (Phi) is 7.13. The Morgan fingerprint density at radius 1 is 1.29 bits per heavy atom. The molecule has 0 N–H and O–H groups in total. The van der Waals surface area contributed by atoms with Crippen molar-refractivity contribution in [1.82, 2.24) is 9.80 Å². The van der Waals surface area contributed by atoms with Crippen LogP contribution in [-0.4, -0.2) is 49.0 Å². The van der Waals surface area contributed by atoms with E-state index in [9.17, 15) is 4.79 Å². The molecule has 0 saturated carbocycles. The van der Waals surface area contributed by atoms with Crippen molar-refractivity contribution in [2.24, 2.45) is 11.8 Å². The van der Waals surface area contributed by atoms with E-state index in [0.717, 1.165) is 38.5 Å². The number of thiophene rings is 1. The molecule has 152 valence electrons. The molecule has 1 aliphatic heterocycles.